The van der Waals surface area contributed by atoms with E-state index in [4.69, 9.17) is 4.74 Å². The van der Waals surface area contributed by atoms with Crippen LogP contribution in [0.3, 0.4) is 0 Å². The van der Waals surface area contributed by atoms with Gasteiger partial charge in [0.05, 0.1) is 18.5 Å². The lowest BCUT2D eigenvalue weighted by Gasteiger charge is -2.22. The number of amides is 1. The second-order valence-corrected chi connectivity index (χ2v) is 9.03. The van der Waals surface area contributed by atoms with Gasteiger partial charge in [-0.15, -0.1) is 0 Å². The summed E-state index contributed by atoms with van der Waals surface area (Å²) in [6, 6.07) is 26.0. The van der Waals surface area contributed by atoms with Crippen LogP contribution in [0.2, 0.25) is 0 Å². The van der Waals surface area contributed by atoms with Gasteiger partial charge in [-0.2, -0.15) is 0 Å². The zero-order valence-electron chi connectivity index (χ0n) is 17.4. The minimum atomic E-state index is -3.46. The molecule has 3 aromatic carbocycles. The SMILES string of the molecule is CS(=O)(=O)N(Cc1ccccc1)c1ccc(OCC(=O)NCCc2ccccc2)cc1. The molecule has 0 spiro atoms. The van der Waals surface area contributed by atoms with E-state index in [1.165, 1.54) is 10.6 Å². The Bertz CT molecular complexity index is 1070. The Labute approximate surface area is 183 Å². The van der Waals surface area contributed by atoms with Crippen molar-refractivity contribution in [3.63, 3.8) is 0 Å². The molecule has 1 N–H and O–H groups in total. The molecule has 1 amide bonds. The first-order valence-corrected chi connectivity index (χ1v) is 11.8. The highest BCUT2D eigenvalue weighted by Crippen LogP contribution is 2.23. The third kappa shape index (κ3) is 7.15. The minimum Gasteiger partial charge on any atom is -0.484 e. The molecule has 0 aromatic heterocycles. The van der Waals surface area contributed by atoms with Crippen LogP contribution in [-0.4, -0.2) is 33.7 Å². The van der Waals surface area contributed by atoms with E-state index in [-0.39, 0.29) is 19.1 Å². The normalized spacial score (nSPS) is 11.0. The van der Waals surface area contributed by atoms with Crippen LogP contribution >= 0.6 is 0 Å². The number of nitrogens with zero attached hydrogens (tertiary/aromatic N) is 1. The Morgan fingerprint density at radius 3 is 2.03 bits per heavy atom. The predicted octanol–water partition coefficient (Wildman–Crippen LogP) is 3.39. The maximum Gasteiger partial charge on any atom is 0.257 e. The lowest BCUT2D eigenvalue weighted by atomic mass is 10.1. The summed E-state index contributed by atoms with van der Waals surface area (Å²) in [5, 5.41) is 2.83. The maximum atomic E-state index is 12.3. The molecule has 31 heavy (non-hydrogen) atoms. The molecule has 0 aliphatic heterocycles. The predicted molar refractivity (Wildman–Crippen MR) is 123 cm³/mol. The summed E-state index contributed by atoms with van der Waals surface area (Å²) in [6.45, 7) is 0.672. The van der Waals surface area contributed by atoms with Crippen molar-refractivity contribution in [2.45, 2.75) is 13.0 Å². The molecule has 0 saturated carbocycles. The van der Waals surface area contributed by atoms with Crippen LogP contribution in [0.4, 0.5) is 5.69 Å². The van der Waals surface area contributed by atoms with Gasteiger partial charge in [0.2, 0.25) is 10.0 Å². The molecule has 0 unspecified atom stereocenters. The van der Waals surface area contributed by atoms with Gasteiger partial charge in [-0.25, -0.2) is 8.42 Å². The zero-order chi connectivity index (χ0) is 22.1. The zero-order valence-corrected chi connectivity index (χ0v) is 18.2. The van der Waals surface area contributed by atoms with Crippen LogP contribution in [0.25, 0.3) is 0 Å². The maximum absolute atomic E-state index is 12.3. The highest BCUT2D eigenvalue weighted by atomic mass is 32.2. The molecule has 0 heterocycles. The molecule has 0 bridgehead atoms. The van der Waals surface area contributed by atoms with Crippen LogP contribution in [0.5, 0.6) is 5.75 Å². The van der Waals surface area contributed by atoms with E-state index in [0.717, 1.165) is 17.5 Å². The number of rotatable bonds is 10. The lowest BCUT2D eigenvalue weighted by molar-refractivity contribution is -0.123. The molecule has 162 valence electrons. The summed E-state index contributed by atoms with van der Waals surface area (Å²) in [6.07, 6.45) is 1.93. The van der Waals surface area contributed by atoms with Gasteiger partial charge in [0.25, 0.3) is 5.91 Å². The third-order valence-corrected chi connectivity index (χ3v) is 5.78. The van der Waals surface area contributed by atoms with Crippen LogP contribution in [0.1, 0.15) is 11.1 Å². The van der Waals surface area contributed by atoms with Crippen molar-refractivity contribution in [2.75, 3.05) is 23.7 Å². The number of hydrogen-bond acceptors (Lipinski definition) is 4. The summed E-state index contributed by atoms with van der Waals surface area (Å²) in [5.41, 5.74) is 2.58. The first-order valence-electron chi connectivity index (χ1n) is 9.97. The quantitative estimate of drug-likeness (QED) is 0.527. The molecule has 6 nitrogen and oxygen atoms in total. The number of ether oxygens (including phenoxy) is 1. The van der Waals surface area contributed by atoms with Crippen molar-refractivity contribution in [1.29, 1.82) is 0 Å². The molecule has 3 rings (SSSR count). The highest BCUT2D eigenvalue weighted by molar-refractivity contribution is 7.92. The van der Waals surface area contributed by atoms with Gasteiger partial charge in [-0.1, -0.05) is 60.7 Å². The van der Waals surface area contributed by atoms with E-state index < -0.39 is 10.0 Å². The van der Waals surface area contributed by atoms with Gasteiger partial charge >= 0.3 is 0 Å². The molecule has 3 aromatic rings. The molecule has 0 saturated heterocycles. The number of hydrogen-bond donors (Lipinski definition) is 1. The van der Waals surface area contributed by atoms with Crippen LogP contribution in [-0.2, 0) is 27.8 Å². The summed E-state index contributed by atoms with van der Waals surface area (Å²) in [7, 11) is -3.46. The van der Waals surface area contributed by atoms with Crippen LogP contribution < -0.4 is 14.4 Å². The van der Waals surface area contributed by atoms with Gasteiger partial charge in [0, 0.05) is 6.54 Å². The Balaban J connectivity index is 1.53. The first kappa shape index (κ1) is 22.4. The second kappa shape index (κ2) is 10.6. The van der Waals surface area contributed by atoms with E-state index in [0.29, 0.717) is 18.0 Å². The molecular formula is C24H26N2O4S. The summed E-state index contributed by atoms with van der Waals surface area (Å²) in [4.78, 5) is 12.0. The second-order valence-electron chi connectivity index (χ2n) is 7.12. The first-order chi connectivity index (χ1) is 14.9. The van der Waals surface area contributed by atoms with Crippen molar-refractivity contribution in [1.82, 2.24) is 5.32 Å². The Kier molecular flexibility index (Phi) is 7.67. The number of carbonyl (C=O) groups excluding carboxylic acids is 1. The lowest BCUT2D eigenvalue weighted by Crippen LogP contribution is -2.30. The number of benzene rings is 3. The molecule has 0 aliphatic rings. The fourth-order valence-corrected chi connectivity index (χ4v) is 3.94. The summed E-state index contributed by atoms with van der Waals surface area (Å²) < 4.78 is 31.4. The average molecular weight is 439 g/mol. The Morgan fingerprint density at radius 1 is 0.871 bits per heavy atom. The average Bonchev–Trinajstić information content (AvgIpc) is 2.77. The van der Waals surface area contributed by atoms with E-state index >= 15 is 0 Å². The van der Waals surface area contributed by atoms with Gasteiger partial charge in [0.15, 0.2) is 6.61 Å². The van der Waals surface area contributed by atoms with E-state index in [1.54, 1.807) is 24.3 Å². The molecular weight excluding hydrogens is 412 g/mol. The van der Waals surface area contributed by atoms with Crippen molar-refractivity contribution in [2.24, 2.45) is 0 Å². The molecule has 0 aliphatic carbocycles. The van der Waals surface area contributed by atoms with Gasteiger partial charge in [0.1, 0.15) is 5.75 Å². The van der Waals surface area contributed by atoms with E-state index in [1.807, 2.05) is 60.7 Å². The minimum absolute atomic E-state index is 0.103. The van der Waals surface area contributed by atoms with E-state index in [9.17, 15) is 13.2 Å². The third-order valence-electron chi connectivity index (χ3n) is 4.64. The fraction of sp³-hybridized carbons (Fsp3) is 0.208. The number of carbonyl (C=O) groups is 1. The number of nitrogens with one attached hydrogen (secondary N) is 1. The number of sulfonamides is 1. The van der Waals surface area contributed by atoms with Crippen molar-refractivity contribution >= 4 is 21.6 Å². The van der Waals surface area contributed by atoms with Crippen molar-refractivity contribution < 1.29 is 17.9 Å². The number of anilines is 1. The summed E-state index contributed by atoms with van der Waals surface area (Å²) in [5.74, 6) is 0.289. The standard InChI is InChI=1S/C24H26N2O4S/c1-31(28,29)26(18-21-10-6-3-7-11-21)22-12-14-23(15-13-22)30-19-24(27)25-17-16-20-8-4-2-5-9-20/h2-15H,16-19H2,1H3,(H,25,27). The molecule has 7 heteroatoms. The fourth-order valence-electron chi connectivity index (χ4n) is 3.05. The molecule has 0 atom stereocenters. The van der Waals surface area contributed by atoms with Crippen LogP contribution in [0.15, 0.2) is 84.9 Å². The largest absolute Gasteiger partial charge is 0.484 e. The monoisotopic (exact) mass is 438 g/mol. The smallest absolute Gasteiger partial charge is 0.257 e. The van der Waals surface area contributed by atoms with Crippen molar-refractivity contribution in [3.8, 4) is 5.75 Å². The van der Waals surface area contributed by atoms with Crippen molar-refractivity contribution in [3.05, 3.63) is 96.1 Å². The van der Waals surface area contributed by atoms with Gasteiger partial charge in [-0.05, 0) is 41.8 Å². The van der Waals surface area contributed by atoms with Crippen LogP contribution in [0, 0.1) is 0 Å². The van der Waals surface area contributed by atoms with Gasteiger partial charge in [-0.3, -0.25) is 9.10 Å². The summed E-state index contributed by atoms with van der Waals surface area (Å²) >= 11 is 0. The van der Waals surface area contributed by atoms with Gasteiger partial charge < -0.3 is 10.1 Å². The topological polar surface area (TPSA) is 75.7 Å². The highest BCUT2D eigenvalue weighted by Gasteiger charge is 2.18. The Hall–Kier alpha value is -3.32. The Morgan fingerprint density at radius 2 is 1.45 bits per heavy atom. The molecule has 0 fully saturated rings. The van der Waals surface area contributed by atoms with E-state index in [2.05, 4.69) is 5.32 Å². The molecule has 0 radical (unpaired) electrons.